The second kappa shape index (κ2) is 6.47. The fraction of sp³-hybridized carbons (Fsp3) is 0.467. The van der Waals surface area contributed by atoms with Gasteiger partial charge in [0.25, 0.3) is 5.91 Å². The average Bonchev–Trinajstić information content (AvgIpc) is 2.98. The number of amides is 1. The molecule has 1 amide bonds. The van der Waals surface area contributed by atoms with Crippen molar-refractivity contribution in [3.8, 4) is 5.82 Å². The second-order valence-electron chi connectivity index (χ2n) is 5.69. The fourth-order valence-electron chi connectivity index (χ4n) is 2.06. The topological polar surface area (TPSA) is 63.9 Å². The minimum Gasteiger partial charge on any atom is -0.336 e. The molecule has 0 fully saturated rings. The summed E-state index contributed by atoms with van der Waals surface area (Å²) in [4.78, 5) is 22.6. The molecule has 0 radical (unpaired) electrons. The zero-order valence-electron chi connectivity index (χ0n) is 12.9. The van der Waals surface area contributed by atoms with E-state index in [4.69, 9.17) is 0 Å². The van der Waals surface area contributed by atoms with Gasteiger partial charge in [-0.05, 0) is 31.9 Å². The van der Waals surface area contributed by atoms with Gasteiger partial charge in [-0.2, -0.15) is 5.10 Å². The Kier molecular flexibility index (Phi) is 4.67. The van der Waals surface area contributed by atoms with Crippen LogP contribution in [0.3, 0.4) is 0 Å². The zero-order chi connectivity index (χ0) is 15.4. The van der Waals surface area contributed by atoms with Crippen LogP contribution in [0.25, 0.3) is 5.82 Å². The first-order chi connectivity index (χ1) is 9.99. The van der Waals surface area contributed by atoms with Crippen molar-refractivity contribution in [2.24, 2.45) is 5.92 Å². The monoisotopic (exact) mass is 287 g/mol. The third kappa shape index (κ3) is 3.65. The van der Waals surface area contributed by atoms with Gasteiger partial charge in [0, 0.05) is 18.8 Å². The molecule has 0 bridgehead atoms. The highest BCUT2D eigenvalue weighted by molar-refractivity contribution is 5.94. The van der Waals surface area contributed by atoms with Crippen LogP contribution >= 0.6 is 0 Å². The Labute approximate surface area is 124 Å². The largest absolute Gasteiger partial charge is 0.336 e. The molecule has 0 aromatic carbocycles. The molecule has 0 saturated carbocycles. The van der Waals surface area contributed by atoms with E-state index in [1.54, 1.807) is 29.3 Å². The number of hydrogen-bond acceptors (Lipinski definition) is 4. The molecule has 112 valence electrons. The summed E-state index contributed by atoms with van der Waals surface area (Å²) in [7, 11) is 0. The number of rotatable bonds is 5. The van der Waals surface area contributed by atoms with Gasteiger partial charge in [0.05, 0.1) is 5.56 Å². The Balaban J connectivity index is 2.18. The Morgan fingerprint density at radius 2 is 2.05 bits per heavy atom. The first-order valence-corrected chi connectivity index (χ1v) is 7.11. The highest BCUT2D eigenvalue weighted by Gasteiger charge is 2.20. The molecular formula is C15H21N5O. The lowest BCUT2D eigenvalue weighted by Gasteiger charge is -2.28. The van der Waals surface area contributed by atoms with Crippen LogP contribution in [0.15, 0.2) is 31.0 Å². The van der Waals surface area contributed by atoms with E-state index in [0.717, 1.165) is 6.54 Å². The van der Waals surface area contributed by atoms with E-state index in [9.17, 15) is 4.79 Å². The molecule has 2 heterocycles. The van der Waals surface area contributed by atoms with Gasteiger partial charge in [-0.3, -0.25) is 4.79 Å². The molecular weight excluding hydrogens is 266 g/mol. The zero-order valence-corrected chi connectivity index (χ0v) is 12.9. The Bertz CT molecular complexity index is 575. The summed E-state index contributed by atoms with van der Waals surface area (Å²) in [6.45, 7) is 9.00. The Hall–Kier alpha value is -2.24. The molecule has 0 aliphatic rings. The van der Waals surface area contributed by atoms with Crippen molar-refractivity contribution < 1.29 is 4.79 Å². The standard InChI is InChI=1S/C15H21N5O/c1-11(2)8-19(12(3)4)15(21)13-5-6-14(17-7-13)20-10-16-9-18-20/h5-7,9-12H,8H2,1-4H3. The minimum atomic E-state index is 0.0105. The maximum atomic E-state index is 12.6. The smallest absolute Gasteiger partial charge is 0.255 e. The van der Waals surface area contributed by atoms with Crippen LogP contribution in [-0.4, -0.2) is 43.1 Å². The van der Waals surface area contributed by atoms with Gasteiger partial charge < -0.3 is 4.90 Å². The number of hydrogen-bond donors (Lipinski definition) is 0. The minimum absolute atomic E-state index is 0.0105. The normalized spacial score (nSPS) is 11.1. The quantitative estimate of drug-likeness (QED) is 0.845. The van der Waals surface area contributed by atoms with Gasteiger partial charge in [0.2, 0.25) is 0 Å². The third-order valence-electron chi connectivity index (χ3n) is 3.09. The van der Waals surface area contributed by atoms with Crippen molar-refractivity contribution >= 4 is 5.91 Å². The molecule has 0 N–H and O–H groups in total. The van der Waals surface area contributed by atoms with E-state index < -0.39 is 0 Å². The number of nitrogens with zero attached hydrogens (tertiary/aromatic N) is 5. The van der Waals surface area contributed by atoms with Crippen molar-refractivity contribution in [1.82, 2.24) is 24.6 Å². The molecule has 2 rings (SSSR count). The van der Waals surface area contributed by atoms with Crippen LogP contribution in [-0.2, 0) is 0 Å². The van der Waals surface area contributed by atoms with E-state index in [-0.39, 0.29) is 11.9 Å². The number of aromatic nitrogens is 4. The van der Waals surface area contributed by atoms with E-state index in [0.29, 0.717) is 17.3 Å². The molecule has 6 heteroatoms. The molecule has 2 aromatic heterocycles. The average molecular weight is 287 g/mol. The van der Waals surface area contributed by atoms with Crippen molar-refractivity contribution in [2.45, 2.75) is 33.7 Å². The van der Waals surface area contributed by atoms with Gasteiger partial charge >= 0.3 is 0 Å². The summed E-state index contributed by atoms with van der Waals surface area (Å²) in [5, 5.41) is 4.01. The summed E-state index contributed by atoms with van der Waals surface area (Å²) in [6.07, 6.45) is 4.61. The predicted octanol–water partition coefficient (Wildman–Crippen LogP) is 2.17. The van der Waals surface area contributed by atoms with Crippen LogP contribution in [0.4, 0.5) is 0 Å². The van der Waals surface area contributed by atoms with Crippen molar-refractivity contribution in [3.63, 3.8) is 0 Å². The molecule has 21 heavy (non-hydrogen) atoms. The maximum absolute atomic E-state index is 12.6. The first kappa shape index (κ1) is 15.2. The summed E-state index contributed by atoms with van der Waals surface area (Å²) in [6, 6.07) is 3.72. The van der Waals surface area contributed by atoms with Gasteiger partial charge in [0.15, 0.2) is 5.82 Å². The van der Waals surface area contributed by atoms with Crippen molar-refractivity contribution in [1.29, 1.82) is 0 Å². The first-order valence-electron chi connectivity index (χ1n) is 7.11. The number of carbonyl (C=O) groups is 1. The maximum Gasteiger partial charge on any atom is 0.255 e. The molecule has 0 aliphatic carbocycles. The van der Waals surface area contributed by atoms with Crippen LogP contribution in [0.5, 0.6) is 0 Å². The number of carbonyl (C=O) groups excluding carboxylic acids is 1. The van der Waals surface area contributed by atoms with E-state index in [1.807, 2.05) is 18.7 Å². The van der Waals surface area contributed by atoms with E-state index in [1.165, 1.54) is 6.33 Å². The van der Waals surface area contributed by atoms with Crippen LogP contribution in [0.1, 0.15) is 38.1 Å². The van der Waals surface area contributed by atoms with Crippen LogP contribution in [0.2, 0.25) is 0 Å². The Morgan fingerprint density at radius 3 is 2.52 bits per heavy atom. The molecule has 0 atom stereocenters. The lowest BCUT2D eigenvalue weighted by Crippen LogP contribution is -2.39. The molecule has 0 unspecified atom stereocenters. The summed E-state index contributed by atoms with van der Waals surface area (Å²) >= 11 is 0. The number of pyridine rings is 1. The summed E-state index contributed by atoms with van der Waals surface area (Å²) < 4.78 is 1.56. The highest BCUT2D eigenvalue weighted by Crippen LogP contribution is 2.12. The Morgan fingerprint density at radius 1 is 1.29 bits per heavy atom. The van der Waals surface area contributed by atoms with Crippen molar-refractivity contribution in [2.75, 3.05) is 6.54 Å². The highest BCUT2D eigenvalue weighted by atomic mass is 16.2. The lowest BCUT2D eigenvalue weighted by molar-refractivity contribution is 0.0681. The fourth-order valence-corrected chi connectivity index (χ4v) is 2.06. The SMILES string of the molecule is CC(C)CN(C(=O)c1ccc(-n2cncn2)nc1)C(C)C. The summed E-state index contributed by atoms with van der Waals surface area (Å²) in [5.74, 6) is 1.08. The second-order valence-corrected chi connectivity index (χ2v) is 5.69. The molecule has 0 spiro atoms. The van der Waals surface area contributed by atoms with Gasteiger partial charge in [-0.25, -0.2) is 14.6 Å². The van der Waals surface area contributed by atoms with E-state index >= 15 is 0 Å². The van der Waals surface area contributed by atoms with Gasteiger partial charge in [0.1, 0.15) is 12.7 Å². The van der Waals surface area contributed by atoms with Gasteiger partial charge in [-0.1, -0.05) is 13.8 Å². The molecule has 6 nitrogen and oxygen atoms in total. The van der Waals surface area contributed by atoms with Crippen LogP contribution < -0.4 is 0 Å². The lowest BCUT2D eigenvalue weighted by atomic mass is 10.1. The molecule has 0 saturated heterocycles. The van der Waals surface area contributed by atoms with Gasteiger partial charge in [-0.15, -0.1) is 0 Å². The predicted molar refractivity (Wildman–Crippen MR) is 80.2 cm³/mol. The van der Waals surface area contributed by atoms with Crippen molar-refractivity contribution in [3.05, 3.63) is 36.5 Å². The molecule has 2 aromatic rings. The van der Waals surface area contributed by atoms with E-state index in [2.05, 4.69) is 28.9 Å². The summed E-state index contributed by atoms with van der Waals surface area (Å²) in [5.41, 5.74) is 0.591. The third-order valence-corrected chi connectivity index (χ3v) is 3.09. The van der Waals surface area contributed by atoms with Crippen LogP contribution in [0, 0.1) is 5.92 Å². The molecule has 0 aliphatic heterocycles.